The van der Waals surface area contributed by atoms with Gasteiger partial charge in [0.1, 0.15) is 0 Å². The van der Waals surface area contributed by atoms with Crippen LogP contribution >= 0.6 is 0 Å². The predicted molar refractivity (Wildman–Crippen MR) is 80.8 cm³/mol. The number of amides is 1. The number of aliphatic carboxylic acids is 1. The van der Waals surface area contributed by atoms with E-state index in [1.807, 2.05) is 0 Å². The Balaban J connectivity index is 2.89. The number of benzene rings is 1. The molecule has 0 heterocycles. The van der Waals surface area contributed by atoms with E-state index >= 15 is 0 Å². The first-order valence-corrected chi connectivity index (χ1v) is 6.51. The molecule has 1 atom stereocenters. The zero-order valence-electron chi connectivity index (χ0n) is 12.1. The number of allylic oxidation sites excluding steroid dienone is 2. The molecule has 1 aromatic rings. The van der Waals surface area contributed by atoms with E-state index in [2.05, 4.69) is 11.9 Å². The van der Waals surface area contributed by atoms with E-state index in [1.165, 1.54) is 24.3 Å². The summed E-state index contributed by atoms with van der Waals surface area (Å²) in [5.41, 5.74) is 0.393. The van der Waals surface area contributed by atoms with Gasteiger partial charge in [-0.05, 0) is 19.1 Å². The van der Waals surface area contributed by atoms with E-state index in [1.54, 1.807) is 19.1 Å². The summed E-state index contributed by atoms with van der Waals surface area (Å²) in [5, 5.41) is 20.7. The topological polar surface area (TPSA) is 104 Å². The fraction of sp³-hybridized carbons (Fsp3) is 0.188. The zero-order valence-corrected chi connectivity index (χ0v) is 12.1. The van der Waals surface area contributed by atoms with Crippen molar-refractivity contribution in [2.45, 2.75) is 6.92 Å². The molecule has 116 valence electrons. The van der Waals surface area contributed by atoms with Gasteiger partial charge in [0.2, 0.25) is 0 Å². The van der Waals surface area contributed by atoms with Gasteiger partial charge in [-0.2, -0.15) is 0 Å². The van der Waals surface area contributed by atoms with Crippen molar-refractivity contribution in [3.05, 3.63) is 59.7 Å². The highest BCUT2D eigenvalue weighted by Crippen LogP contribution is 2.12. The summed E-state index contributed by atoms with van der Waals surface area (Å²) in [6.07, 6.45) is 3.02. The van der Waals surface area contributed by atoms with Gasteiger partial charge in [0.15, 0.2) is 0 Å². The standard InChI is InChI=1S/C16H17NO5/c1-3-6-10(2)13(16(21)22)9-17-14(18)11-7-4-5-8-12(11)15(19)20/h3-8,13H,1,9H2,2H3,(H,17,18)(H,19,20)(H,21,22)/b10-6+. The van der Waals surface area contributed by atoms with Crippen molar-refractivity contribution in [2.75, 3.05) is 6.54 Å². The maximum absolute atomic E-state index is 12.1. The minimum atomic E-state index is -1.22. The third-order valence-corrected chi connectivity index (χ3v) is 3.10. The molecule has 0 fully saturated rings. The van der Waals surface area contributed by atoms with Crippen LogP contribution in [0.15, 0.2) is 48.6 Å². The minimum Gasteiger partial charge on any atom is -0.481 e. The van der Waals surface area contributed by atoms with Gasteiger partial charge in [-0.25, -0.2) is 4.79 Å². The molecule has 0 saturated carbocycles. The molecule has 1 rings (SSSR count). The van der Waals surface area contributed by atoms with Crippen LogP contribution < -0.4 is 5.32 Å². The van der Waals surface area contributed by atoms with Crippen LogP contribution in [0.3, 0.4) is 0 Å². The number of carboxylic acids is 2. The maximum Gasteiger partial charge on any atom is 0.336 e. The highest BCUT2D eigenvalue weighted by molar-refractivity contribution is 6.04. The van der Waals surface area contributed by atoms with Crippen molar-refractivity contribution in [2.24, 2.45) is 5.92 Å². The van der Waals surface area contributed by atoms with Crippen LogP contribution in [0.4, 0.5) is 0 Å². The molecule has 6 nitrogen and oxygen atoms in total. The van der Waals surface area contributed by atoms with Gasteiger partial charge in [-0.3, -0.25) is 9.59 Å². The maximum atomic E-state index is 12.1. The first-order chi connectivity index (χ1) is 10.4. The number of hydrogen-bond acceptors (Lipinski definition) is 3. The van der Waals surface area contributed by atoms with Crippen LogP contribution in [0.1, 0.15) is 27.6 Å². The molecule has 6 heteroatoms. The lowest BCUT2D eigenvalue weighted by molar-refractivity contribution is -0.140. The highest BCUT2D eigenvalue weighted by atomic mass is 16.4. The Hall–Kier alpha value is -2.89. The second-order valence-corrected chi connectivity index (χ2v) is 4.60. The first-order valence-electron chi connectivity index (χ1n) is 6.51. The smallest absolute Gasteiger partial charge is 0.336 e. The fourth-order valence-electron chi connectivity index (χ4n) is 1.90. The zero-order chi connectivity index (χ0) is 16.7. The van der Waals surface area contributed by atoms with Crippen LogP contribution in [0.2, 0.25) is 0 Å². The summed E-state index contributed by atoms with van der Waals surface area (Å²) in [7, 11) is 0. The van der Waals surface area contributed by atoms with Crippen molar-refractivity contribution >= 4 is 17.8 Å². The van der Waals surface area contributed by atoms with E-state index in [0.29, 0.717) is 5.57 Å². The predicted octanol–water partition coefficient (Wildman–Crippen LogP) is 1.95. The Morgan fingerprint density at radius 3 is 2.32 bits per heavy atom. The molecule has 1 unspecified atom stereocenters. The van der Waals surface area contributed by atoms with Crippen molar-refractivity contribution in [3.63, 3.8) is 0 Å². The average molecular weight is 303 g/mol. The van der Waals surface area contributed by atoms with Gasteiger partial charge in [0.05, 0.1) is 17.0 Å². The molecule has 22 heavy (non-hydrogen) atoms. The number of hydrogen-bond donors (Lipinski definition) is 3. The molecule has 0 radical (unpaired) electrons. The summed E-state index contributed by atoms with van der Waals surface area (Å²) < 4.78 is 0. The Morgan fingerprint density at radius 1 is 1.23 bits per heavy atom. The first kappa shape index (κ1) is 17.2. The van der Waals surface area contributed by atoms with Crippen LogP contribution in [0.5, 0.6) is 0 Å². The van der Waals surface area contributed by atoms with Gasteiger partial charge in [-0.1, -0.05) is 36.4 Å². The molecule has 1 aromatic carbocycles. The monoisotopic (exact) mass is 303 g/mol. The number of carbonyl (C=O) groups is 3. The lowest BCUT2D eigenvalue weighted by Gasteiger charge is -2.14. The highest BCUT2D eigenvalue weighted by Gasteiger charge is 2.22. The number of carbonyl (C=O) groups excluding carboxylic acids is 1. The van der Waals surface area contributed by atoms with E-state index in [9.17, 15) is 19.5 Å². The molecule has 0 saturated heterocycles. The molecule has 0 spiro atoms. The Labute approximate surface area is 127 Å². The van der Waals surface area contributed by atoms with Gasteiger partial charge >= 0.3 is 11.9 Å². The number of carboxylic acid groups (broad SMARTS) is 2. The molecule has 0 aliphatic heterocycles. The molecule has 0 aromatic heterocycles. The summed E-state index contributed by atoms with van der Waals surface area (Å²) in [6, 6.07) is 5.74. The SMILES string of the molecule is C=C/C=C(\C)C(CNC(=O)c1ccccc1C(=O)O)C(=O)O. The Bertz CT molecular complexity index is 633. The minimum absolute atomic E-state index is 0.00973. The van der Waals surface area contributed by atoms with E-state index in [-0.39, 0.29) is 17.7 Å². The average Bonchev–Trinajstić information content (AvgIpc) is 2.47. The third kappa shape index (κ3) is 4.31. The Kier molecular flexibility index (Phi) is 6.07. The second kappa shape index (κ2) is 7.78. The largest absolute Gasteiger partial charge is 0.481 e. The van der Waals surface area contributed by atoms with Gasteiger partial charge in [0.25, 0.3) is 5.91 Å². The lowest BCUT2D eigenvalue weighted by Crippen LogP contribution is -2.34. The van der Waals surface area contributed by atoms with Crippen molar-refractivity contribution < 1.29 is 24.6 Å². The molecule has 0 aliphatic rings. The number of rotatable bonds is 7. The van der Waals surface area contributed by atoms with Gasteiger partial charge in [0, 0.05) is 6.54 Å². The summed E-state index contributed by atoms with van der Waals surface area (Å²) in [6.45, 7) is 4.98. The van der Waals surface area contributed by atoms with Crippen LogP contribution in [0.25, 0.3) is 0 Å². The lowest BCUT2D eigenvalue weighted by atomic mass is 9.99. The molecule has 0 aliphatic carbocycles. The quantitative estimate of drug-likeness (QED) is 0.668. The second-order valence-electron chi connectivity index (χ2n) is 4.60. The van der Waals surface area contributed by atoms with Crippen molar-refractivity contribution in [1.82, 2.24) is 5.32 Å². The van der Waals surface area contributed by atoms with Gasteiger partial charge < -0.3 is 15.5 Å². The van der Waals surface area contributed by atoms with E-state index < -0.39 is 23.8 Å². The number of nitrogens with one attached hydrogen (secondary N) is 1. The van der Waals surface area contributed by atoms with Crippen LogP contribution in [0, 0.1) is 5.92 Å². The summed E-state index contributed by atoms with van der Waals surface area (Å²) in [5.74, 6) is -3.83. The van der Waals surface area contributed by atoms with Crippen molar-refractivity contribution in [1.29, 1.82) is 0 Å². The van der Waals surface area contributed by atoms with Gasteiger partial charge in [-0.15, -0.1) is 0 Å². The number of aromatic carboxylic acids is 1. The fourth-order valence-corrected chi connectivity index (χ4v) is 1.90. The summed E-state index contributed by atoms with van der Waals surface area (Å²) in [4.78, 5) is 34.4. The van der Waals surface area contributed by atoms with Crippen LogP contribution in [-0.4, -0.2) is 34.6 Å². The van der Waals surface area contributed by atoms with Crippen LogP contribution in [-0.2, 0) is 4.79 Å². The third-order valence-electron chi connectivity index (χ3n) is 3.10. The molecule has 1 amide bonds. The Morgan fingerprint density at radius 2 is 1.82 bits per heavy atom. The molecule has 0 bridgehead atoms. The normalized spacial score (nSPS) is 12.3. The molecule has 3 N–H and O–H groups in total. The molecular formula is C16H17NO5. The van der Waals surface area contributed by atoms with E-state index in [4.69, 9.17) is 5.11 Å². The van der Waals surface area contributed by atoms with Crippen molar-refractivity contribution in [3.8, 4) is 0 Å². The summed E-state index contributed by atoms with van der Waals surface area (Å²) >= 11 is 0. The van der Waals surface area contributed by atoms with E-state index in [0.717, 1.165) is 0 Å². The molecular weight excluding hydrogens is 286 g/mol.